The van der Waals surface area contributed by atoms with E-state index in [1.807, 2.05) is 0 Å². The summed E-state index contributed by atoms with van der Waals surface area (Å²) in [6, 6.07) is 0. The Bertz CT molecular complexity index is 207. The summed E-state index contributed by atoms with van der Waals surface area (Å²) >= 11 is 0. The predicted octanol–water partition coefficient (Wildman–Crippen LogP) is -8.45. The van der Waals surface area contributed by atoms with Gasteiger partial charge >= 0.3 is 45.9 Å². The molecule has 0 amide bonds. The van der Waals surface area contributed by atoms with Crippen LogP contribution in [0.5, 0.6) is 0 Å². The van der Waals surface area contributed by atoms with Crippen LogP contribution in [0.2, 0.25) is 0 Å². The van der Waals surface area contributed by atoms with Gasteiger partial charge in [0.25, 0.3) is 0 Å². The molecule has 0 aromatic carbocycles. The molecule has 0 aromatic heterocycles. The second-order valence-corrected chi connectivity index (χ2v) is 4.24. The minimum Gasteiger partial charge on any atom is -0.511 e. The number of hydrogen-bond donors (Lipinski definition) is 10. The van der Waals surface area contributed by atoms with Gasteiger partial charge in [0.1, 0.15) is 0 Å². The van der Waals surface area contributed by atoms with Gasteiger partial charge in [-0.15, -0.1) is 0 Å². The van der Waals surface area contributed by atoms with E-state index in [4.69, 9.17) is 70.3 Å². The molecule has 121 valence electrons. The first-order valence-electron chi connectivity index (χ1n) is 3.26. The molecular weight excluding hydrogens is 403 g/mol. The van der Waals surface area contributed by atoms with Gasteiger partial charge in [0.05, 0.1) is 0 Å². The van der Waals surface area contributed by atoms with Crippen LogP contribution in [0.4, 0.5) is 0 Å². The average Bonchev–Trinajstić information content (AvgIpc) is 1.94. The molecule has 21 heavy (non-hydrogen) atoms. The van der Waals surface area contributed by atoms with Crippen molar-refractivity contribution in [3.8, 4) is 0 Å². The summed E-state index contributed by atoms with van der Waals surface area (Å²) in [5, 5.41) is 0. The Morgan fingerprint density at radius 2 is 0.333 bits per heavy atom. The van der Waals surface area contributed by atoms with Crippen molar-refractivity contribution >= 4 is 75.4 Å². The largest absolute Gasteiger partial charge is 0.761 e. The quantitative estimate of drug-likeness (QED) is 0.165. The maximum absolute atomic E-state index is 8.74. The molecule has 0 heterocycles. The topological polar surface area (TPSA) is 288 Å². The molecule has 0 bridgehead atoms. The molecule has 0 aliphatic heterocycles. The first-order valence-corrected chi connectivity index (χ1v) is 9.77. The molecule has 21 heteroatoms. The van der Waals surface area contributed by atoms with Crippen molar-refractivity contribution in [2.75, 3.05) is 0 Å². The first-order chi connectivity index (χ1) is 8.66. The van der Waals surface area contributed by atoms with E-state index < -0.39 is 45.9 Å². The smallest absolute Gasteiger partial charge is 0.511 e. The van der Waals surface area contributed by atoms with Crippen LogP contribution in [0, 0.1) is 0 Å². The van der Waals surface area contributed by atoms with E-state index in [2.05, 4.69) is 0 Å². The molecule has 0 saturated carbocycles. The van der Waals surface area contributed by atoms with Gasteiger partial charge < -0.3 is 48.0 Å². The Kier molecular flexibility index (Phi) is 55.2. The third-order valence-electron chi connectivity index (χ3n) is 0. The minimum absolute atomic E-state index is 0. The summed E-state index contributed by atoms with van der Waals surface area (Å²) in [5.41, 5.74) is 0. The molecule has 0 aliphatic rings. The van der Waals surface area contributed by atoms with Crippen molar-refractivity contribution < 1.29 is 70.3 Å². The molecule has 0 aliphatic carbocycles. The zero-order chi connectivity index (χ0) is 17.9. The van der Waals surface area contributed by atoms with Gasteiger partial charge in [-0.25, -0.2) is 0 Å². The van der Waals surface area contributed by atoms with Crippen LogP contribution < -0.4 is 0 Å². The molecule has 10 N–H and O–H groups in total. The average molecular weight is 413 g/mol. The third-order valence-corrected chi connectivity index (χ3v) is 0. The molecular formula is H10NaO15Si5. The molecule has 0 unspecified atom stereocenters. The fourth-order valence-corrected chi connectivity index (χ4v) is 0. The standard InChI is InChI=1S/Na.5H2O3Si/c;5*1-4(2)3/h;5*1-2H. The van der Waals surface area contributed by atoms with Crippen LogP contribution in [-0.2, 0) is 22.3 Å². The van der Waals surface area contributed by atoms with Gasteiger partial charge in [0.15, 0.2) is 0 Å². The van der Waals surface area contributed by atoms with Crippen LogP contribution >= 0.6 is 0 Å². The molecule has 0 fully saturated rings. The van der Waals surface area contributed by atoms with Gasteiger partial charge in [-0.1, -0.05) is 0 Å². The second kappa shape index (κ2) is 31.5. The third kappa shape index (κ3) is 6640. The summed E-state index contributed by atoms with van der Waals surface area (Å²) < 4.78 is 43.7. The van der Waals surface area contributed by atoms with E-state index in [9.17, 15) is 0 Å². The van der Waals surface area contributed by atoms with E-state index in [0.29, 0.717) is 0 Å². The Balaban J connectivity index is -0.0000000331. The molecule has 0 saturated heterocycles. The number of hydrogen-bond acceptors (Lipinski definition) is 5. The summed E-state index contributed by atoms with van der Waals surface area (Å²) in [6.45, 7) is 0. The maximum Gasteiger partial charge on any atom is 0.761 e. The van der Waals surface area contributed by atoms with E-state index in [-0.39, 0.29) is 29.6 Å². The zero-order valence-electron chi connectivity index (χ0n) is 10.0. The van der Waals surface area contributed by atoms with E-state index in [1.54, 1.807) is 0 Å². The molecule has 15 nitrogen and oxygen atoms in total. The summed E-state index contributed by atoms with van der Waals surface area (Å²) in [4.78, 5) is 71.6. The summed E-state index contributed by atoms with van der Waals surface area (Å²) in [6.07, 6.45) is 0. The van der Waals surface area contributed by atoms with Gasteiger partial charge in [-0.2, -0.15) is 0 Å². The van der Waals surface area contributed by atoms with Crippen molar-refractivity contribution in [1.82, 2.24) is 0 Å². The molecule has 0 rings (SSSR count). The van der Waals surface area contributed by atoms with Crippen LogP contribution in [0.25, 0.3) is 0 Å². The molecule has 0 atom stereocenters. The van der Waals surface area contributed by atoms with Crippen molar-refractivity contribution in [3.63, 3.8) is 0 Å². The predicted molar refractivity (Wildman–Crippen MR) is 60.1 cm³/mol. The van der Waals surface area contributed by atoms with Crippen LogP contribution in [0.1, 0.15) is 0 Å². The van der Waals surface area contributed by atoms with Crippen LogP contribution in [0.15, 0.2) is 0 Å². The Hall–Kier alpha value is -0.916. The van der Waals surface area contributed by atoms with Crippen molar-refractivity contribution in [3.05, 3.63) is 0 Å². The minimum atomic E-state index is -3.13. The monoisotopic (exact) mass is 413 g/mol. The van der Waals surface area contributed by atoms with Gasteiger partial charge in [-0.3, -0.25) is 22.3 Å². The summed E-state index contributed by atoms with van der Waals surface area (Å²) in [7, 11) is -15.6. The first kappa shape index (κ1) is 36.9. The number of rotatable bonds is 0. The fraction of sp³-hybridized carbons (Fsp3) is 0. The van der Waals surface area contributed by atoms with Crippen molar-refractivity contribution in [1.29, 1.82) is 0 Å². The Morgan fingerprint density at radius 3 is 0.333 bits per heavy atom. The van der Waals surface area contributed by atoms with Crippen molar-refractivity contribution in [2.24, 2.45) is 0 Å². The second-order valence-electron chi connectivity index (χ2n) is 1.41. The van der Waals surface area contributed by atoms with Gasteiger partial charge in [0.2, 0.25) is 0 Å². The fourth-order valence-electron chi connectivity index (χ4n) is 0. The Labute approximate surface area is 145 Å². The van der Waals surface area contributed by atoms with E-state index in [1.165, 1.54) is 0 Å². The van der Waals surface area contributed by atoms with Gasteiger partial charge in [-0.05, 0) is 0 Å². The molecule has 0 spiro atoms. The molecule has 1 radical (unpaired) electrons. The SMILES string of the molecule is O=[Si](O)O.O=[Si](O)O.O=[Si](O)O.O=[Si](O)O.O=[Si](O)O.[Na]. The zero-order valence-corrected chi connectivity index (χ0v) is 17.0. The van der Waals surface area contributed by atoms with Gasteiger partial charge in [0, 0.05) is 29.6 Å². The van der Waals surface area contributed by atoms with Crippen molar-refractivity contribution in [2.45, 2.75) is 0 Å². The van der Waals surface area contributed by atoms with E-state index >= 15 is 0 Å². The normalized spacial score (nSPS) is 5.71. The summed E-state index contributed by atoms with van der Waals surface area (Å²) in [5.74, 6) is 0. The van der Waals surface area contributed by atoms with E-state index in [0.717, 1.165) is 0 Å². The molecule has 0 aromatic rings. The van der Waals surface area contributed by atoms with Crippen LogP contribution in [-0.4, -0.2) is 123 Å². The maximum atomic E-state index is 8.74. The Morgan fingerprint density at radius 1 is 0.333 bits per heavy atom. The van der Waals surface area contributed by atoms with Crippen LogP contribution in [0.3, 0.4) is 0 Å².